The number of carbonyl (C=O) groups is 1. The molecular formula is C12H26O5Si. The molecule has 0 saturated heterocycles. The second-order valence-electron chi connectivity index (χ2n) is 3.77. The van der Waals surface area contributed by atoms with Gasteiger partial charge in [-0.3, -0.25) is 4.79 Å². The van der Waals surface area contributed by atoms with Gasteiger partial charge in [0.25, 0.3) is 0 Å². The first-order valence-corrected chi connectivity index (χ1v) is 8.56. The highest BCUT2D eigenvalue weighted by Crippen LogP contribution is 2.19. The summed E-state index contributed by atoms with van der Waals surface area (Å²) in [7, 11) is -1.13. The van der Waals surface area contributed by atoms with E-state index in [-0.39, 0.29) is 5.97 Å². The van der Waals surface area contributed by atoms with Gasteiger partial charge in [-0.25, -0.2) is 0 Å². The first kappa shape index (κ1) is 17.6. The van der Waals surface area contributed by atoms with E-state index in [2.05, 4.69) is 4.74 Å². The van der Waals surface area contributed by atoms with E-state index in [1.54, 1.807) is 0 Å². The maximum atomic E-state index is 11.0. The van der Waals surface area contributed by atoms with Gasteiger partial charge in [0.15, 0.2) is 0 Å². The highest BCUT2D eigenvalue weighted by molar-refractivity contribution is 6.60. The Morgan fingerprint density at radius 3 is 1.83 bits per heavy atom. The highest BCUT2D eigenvalue weighted by Gasteiger charge is 2.39. The quantitative estimate of drug-likeness (QED) is 0.330. The number of methoxy groups -OCH3 is 1. The zero-order valence-electron chi connectivity index (χ0n) is 12.0. The Hall–Kier alpha value is -0.433. The summed E-state index contributed by atoms with van der Waals surface area (Å²) in [6, 6.07) is 0.750. The normalized spacial score (nSPS) is 11.6. The Bertz CT molecular complexity index is 205. The molecule has 0 aliphatic heterocycles. The van der Waals surface area contributed by atoms with Crippen molar-refractivity contribution in [1.82, 2.24) is 0 Å². The molecule has 0 heterocycles. The third kappa shape index (κ3) is 7.10. The van der Waals surface area contributed by atoms with Crippen molar-refractivity contribution < 1.29 is 22.8 Å². The molecule has 0 aromatic carbocycles. The van der Waals surface area contributed by atoms with Crippen LogP contribution in [0.25, 0.3) is 0 Å². The van der Waals surface area contributed by atoms with E-state index in [9.17, 15) is 4.79 Å². The maximum absolute atomic E-state index is 11.0. The lowest BCUT2D eigenvalue weighted by Gasteiger charge is -2.28. The molecule has 0 atom stereocenters. The van der Waals surface area contributed by atoms with Gasteiger partial charge in [0, 0.05) is 32.3 Å². The first-order chi connectivity index (χ1) is 8.64. The molecule has 18 heavy (non-hydrogen) atoms. The minimum Gasteiger partial charge on any atom is -0.469 e. The standard InChI is InChI=1S/C12H26O5Si/c1-5-15-18(16-6-2,17-7-3)11-9-8-10-12(13)14-4/h5-11H2,1-4H3. The summed E-state index contributed by atoms with van der Waals surface area (Å²) in [4.78, 5) is 11.0. The summed E-state index contributed by atoms with van der Waals surface area (Å²) in [5, 5.41) is 0. The third-order valence-electron chi connectivity index (χ3n) is 2.43. The first-order valence-electron chi connectivity index (χ1n) is 6.62. The molecule has 0 rings (SSSR count). The maximum Gasteiger partial charge on any atom is 0.500 e. The lowest BCUT2D eigenvalue weighted by Crippen LogP contribution is -2.45. The molecule has 0 amide bonds. The van der Waals surface area contributed by atoms with Gasteiger partial charge in [-0.05, 0) is 33.6 Å². The van der Waals surface area contributed by atoms with E-state index >= 15 is 0 Å². The molecule has 5 nitrogen and oxygen atoms in total. The van der Waals surface area contributed by atoms with Crippen LogP contribution in [0.4, 0.5) is 0 Å². The molecule has 0 bridgehead atoms. The second-order valence-corrected chi connectivity index (χ2v) is 6.50. The van der Waals surface area contributed by atoms with Crippen LogP contribution < -0.4 is 0 Å². The molecule has 0 aliphatic rings. The van der Waals surface area contributed by atoms with E-state index in [1.807, 2.05) is 20.8 Å². The van der Waals surface area contributed by atoms with Crippen LogP contribution in [0, 0.1) is 0 Å². The van der Waals surface area contributed by atoms with E-state index in [1.165, 1.54) is 7.11 Å². The van der Waals surface area contributed by atoms with Crippen molar-refractivity contribution in [3.05, 3.63) is 0 Å². The van der Waals surface area contributed by atoms with Crippen LogP contribution in [0.3, 0.4) is 0 Å². The van der Waals surface area contributed by atoms with Gasteiger partial charge >= 0.3 is 14.8 Å². The van der Waals surface area contributed by atoms with E-state index in [0.717, 1.165) is 18.9 Å². The largest absolute Gasteiger partial charge is 0.500 e. The number of rotatable bonds is 11. The van der Waals surface area contributed by atoms with Crippen molar-refractivity contribution >= 4 is 14.8 Å². The van der Waals surface area contributed by atoms with Crippen molar-refractivity contribution in [3.8, 4) is 0 Å². The number of unbranched alkanes of at least 4 members (excludes halogenated alkanes) is 1. The van der Waals surface area contributed by atoms with Gasteiger partial charge in [0.2, 0.25) is 0 Å². The minimum absolute atomic E-state index is 0.175. The predicted octanol–water partition coefficient (Wildman–Crippen LogP) is 2.38. The molecule has 0 aliphatic carbocycles. The molecule has 0 spiro atoms. The summed E-state index contributed by atoms with van der Waals surface area (Å²) in [5.74, 6) is -0.175. The summed E-state index contributed by atoms with van der Waals surface area (Å²) in [6.45, 7) is 7.58. The molecule has 0 fully saturated rings. The smallest absolute Gasteiger partial charge is 0.469 e. The Kier molecular flexibility index (Phi) is 10.2. The summed E-state index contributed by atoms with van der Waals surface area (Å²) in [5.41, 5.74) is 0. The van der Waals surface area contributed by atoms with E-state index in [0.29, 0.717) is 26.2 Å². The van der Waals surface area contributed by atoms with Crippen LogP contribution in [0.5, 0.6) is 0 Å². The Balaban J connectivity index is 4.16. The van der Waals surface area contributed by atoms with Crippen molar-refractivity contribution in [1.29, 1.82) is 0 Å². The minimum atomic E-state index is -2.53. The SMILES string of the molecule is CCO[Si](CCCCC(=O)OC)(OCC)OCC. The Morgan fingerprint density at radius 1 is 0.944 bits per heavy atom. The molecule has 6 heteroatoms. The topological polar surface area (TPSA) is 54.0 Å². The van der Waals surface area contributed by atoms with Gasteiger partial charge in [-0.1, -0.05) is 0 Å². The van der Waals surface area contributed by atoms with Crippen molar-refractivity contribution in [2.45, 2.75) is 46.1 Å². The van der Waals surface area contributed by atoms with Gasteiger partial charge in [-0.15, -0.1) is 0 Å². The average molecular weight is 278 g/mol. The van der Waals surface area contributed by atoms with Gasteiger partial charge < -0.3 is 18.0 Å². The van der Waals surface area contributed by atoms with Crippen molar-refractivity contribution in [2.24, 2.45) is 0 Å². The Labute approximate surface area is 111 Å². The van der Waals surface area contributed by atoms with Crippen LogP contribution in [0.1, 0.15) is 40.0 Å². The van der Waals surface area contributed by atoms with Crippen molar-refractivity contribution in [3.63, 3.8) is 0 Å². The fourth-order valence-electron chi connectivity index (χ4n) is 1.71. The molecule has 0 N–H and O–H groups in total. The summed E-state index contributed by atoms with van der Waals surface area (Å²) < 4.78 is 21.8. The lowest BCUT2D eigenvalue weighted by molar-refractivity contribution is -0.140. The van der Waals surface area contributed by atoms with Crippen LogP contribution >= 0.6 is 0 Å². The number of hydrogen-bond donors (Lipinski definition) is 0. The number of hydrogen-bond acceptors (Lipinski definition) is 5. The van der Waals surface area contributed by atoms with Crippen LogP contribution in [-0.2, 0) is 22.8 Å². The fourth-order valence-corrected chi connectivity index (χ4v) is 4.40. The molecular weight excluding hydrogens is 252 g/mol. The molecule has 0 saturated carbocycles. The molecule has 0 radical (unpaired) electrons. The summed E-state index contributed by atoms with van der Waals surface area (Å²) in [6.07, 6.45) is 2.06. The number of esters is 1. The zero-order chi connectivity index (χ0) is 13.9. The average Bonchev–Trinajstić information content (AvgIpc) is 2.35. The number of ether oxygens (including phenoxy) is 1. The van der Waals surface area contributed by atoms with Gasteiger partial charge in [0.05, 0.1) is 7.11 Å². The predicted molar refractivity (Wildman–Crippen MR) is 71.3 cm³/mol. The van der Waals surface area contributed by atoms with Gasteiger partial charge in [-0.2, -0.15) is 0 Å². The molecule has 0 unspecified atom stereocenters. The van der Waals surface area contributed by atoms with E-state index < -0.39 is 8.80 Å². The fraction of sp³-hybridized carbons (Fsp3) is 0.917. The monoisotopic (exact) mass is 278 g/mol. The summed E-state index contributed by atoms with van der Waals surface area (Å²) >= 11 is 0. The number of carbonyl (C=O) groups excluding carboxylic acids is 1. The lowest BCUT2D eigenvalue weighted by atomic mass is 10.2. The van der Waals surface area contributed by atoms with Crippen molar-refractivity contribution in [2.75, 3.05) is 26.9 Å². The molecule has 0 aromatic rings. The highest BCUT2D eigenvalue weighted by atomic mass is 28.4. The Morgan fingerprint density at radius 2 is 1.44 bits per heavy atom. The zero-order valence-corrected chi connectivity index (χ0v) is 13.0. The van der Waals surface area contributed by atoms with Crippen LogP contribution in [0.2, 0.25) is 6.04 Å². The van der Waals surface area contributed by atoms with Crippen LogP contribution in [0.15, 0.2) is 0 Å². The second kappa shape index (κ2) is 10.5. The molecule has 0 aromatic heterocycles. The third-order valence-corrected chi connectivity index (χ3v) is 5.59. The van der Waals surface area contributed by atoms with Crippen LogP contribution in [-0.4, -0.2) is 41.7 Å². The molecule has 108 valence electrons. The van der Waals surface area contributed by atoms with E-state index in [4.69, 9.17) is 13.3 Å². The van der Waals surface area contributed by atoms with Gasteiger partial charge in [0.1, 0.15) is 0 Å².